The molecular weight excluding hydrogens is 409 g/mol. The molecule has 1 heterocycles. The summed E-state index contributed by atoms with van der Waals surface area (Å²) in [5.74, 6) is -0.354. The second kappa shape index (κ2) is 6.02. The predicted molar refractivity (Wildman–Crippen MR) is 89.2 cm³/mol. The van der Waals surface area contributed by atoms with E-state index in [1.807, 2.05) is 0 Å². The lowest BCUT2D eigenvalue weighted by Gasteiger charge is -2.05. The number of nitrogens with zero attached hydrogens (tertiary/aromatic N) is 3. The average Bonchev–Trinajstić information content (AvgIpc) is 2.71. The zero-order chi connectivity index (χ0) is 15.7. The molecule has 1 amide bonds. The van der Waals surface area contributed by atoms with Crippen LogP contribution in [0.3, 0.4) is 0 Å². The molecule has 2 rings (SSSR count). The van der Waals surface area contributed by atoms with Crippen molar-refractivity contribution in [1.82, 2.24) is 4.90 Å². The van der Waals surface area contributed by atoms with Crippen LogP contribution >= 0.6 is 34.4 Å². The number of hydrogen-bond acceptors (Lipinski definition) is 6. The second-order valence-corrected chi connectivity index (χ2v) is 6.27. The number of amides is 1. The number of nitro benzene ring substituents is 1. The number of amidine groups is 1. The Bertz CT molecular complexity index is 702. The van der Waals surface area contributed by atoms with Crippen molar-refractivity contribution in [1.29, 1.82) is 0 Å². The molecule has 0 bridgehead atoms. The monoisotopic (exact) mass is 419 g/mol. The maximum Gasteiger partial charge on any atom is 0.271 e. The minimum Gasteiger partial charge on any atom is -0.506 e. The Morgan fingerprint density at radius 2 is 2.19 bits per heavy atom. The fourth-order valence-electron chi connectivity index (χ4n) is 1.71. The fraction of sp³-hybridized carbons (Fsp3) is 0.167. The summed E-state index contributed by atoms with van der Waals surface area (Å²) in [5.41, 5.74) is 0.0902. The average molecular weight is 419 g/mol. The van der Waals surface area contributed by atoms with Gasteiger partial charge in [-0.1, -0.05) is 0 Å². The molecule has 9 heteroatoms. The maximum atomic E-state index is 12.0. The molecule has 0 radical (unpaired) electrons. The lowest BCUT2D eigenvalue weighted by atomic mass is 10.1. The lowest BCUT2D eigenvalue weighted by Crippen LogP contribution is -2.23. The molecule has 1 aliphatic rings. The van der Waals surface area contributed by atoms with Crippen molar-refractivity contribution in [2.24, 2.45) is 4.99 Å². The number of rotatable bonds is 2. The number of likely N-dealkylation sites (N-methyl/N-ethyl adjacent to an activating group) is 1. The summed E-state index contributed by atoms with van der Waals surface area (Å²) < 4.78 is 0.349. The number of aromatic hydroxyl groups is 1. The van der Waals surface area contributed by atoms with Crippen LogP contribution in [0.15, 0.2) is 22.0 Å². The Morgan fingerprint density at radius 1 is 1.52 bits per heavy atom. The van der Waals surface area contributed by atoms with E-state index in [0.29, 0.717) is 13.6 Å². The number of aliphatic imine (C=N–C) groups is 1. The Morgan fingerprint density at radius 3 is 2.71 bits per heavy atom. The van der Waals surface area contributed by atoms with Crippen molar-refractivity contribution in [3.05, 3.63) is 36.3 Å². The molecule has 21 heavy (non-hydrogen) atoms. The summed E-state index contributed by atoms with van der Waals surface area (Å²) in [7, 11) is 3.17. The normalized spacial score (nSPS) is 18.8. The highest BCUT2D eigenvalue weighted by molar-refractivity contribution is 14.1. The number of benzene rings is 1. The van der Waals surface area contributed by atoms with E-state index in [1.54, 1.807) is 36.7 Å². The van der Waals surface area contributed by atoms with Crippen molar-refractivity contribution in [3.63, 3.8) is 0 Å². The highest BCUT2D eigenvalue weighted by Crippen LogP contribution is 2.36. The van der Waals surface area contributed by atoms with Gasteiger partial charge in [0.25, 0.3) is 11.6 Å². The third-order valence-electron chi connectivity index (χ3n) is 2.77. The molecule has 1 fully saturated rings. The number of phenolic OH excluding ortho intramolecular Hbond substituents is 1. The molecule has 1 N–H and O–H groups in total. The van der Waals surface area contributed by atoms with Gasteiger partial charge in [-0.15, -0.1) is 0 Å². The van der Waals surface area contributed by atoms with Crippen LogP contribution in [0.2, 0.25) is 0 Å². The smallest absolute Gasteiger partial charge is 0.271 e. The molecular formula is C12H10IN3O4S. The number of halogens is 1. The molecule has 0 aliphatic carbocycles. The Hall–Kier alpha value is -1.62. The third kappa shape index (κ3) is 3.02. The van der Waals surface area contributed by atoms with Gasteiger partial charge in [0.1, 0.15) is 5.75 Å². The quantitative estimate of drug-likeness (QED) is 0.344. The van der Waals surface area contributed by atoms with Gasteiger partial charge < -0.3 is 5.11 Å². The first kappa shape index (κ1) is 15.8. The SMILES string of the molecule is CN=C1S/C(=C/c2cc([N+](=O)[O-])cc(I)c2O)C(=O)N1C. The zero-order valence-corrected chi connectivity index (χ0v) is 14.0. The van der Waals surface area contributed by atoms with Crippen LogP contribution in [0.5, 0.6) is 5.75 Å². The van der Waals surface area contributed by atoms with Crippen molar-refractivity contribution in [3.8, 4) is 5.75 Å². The van der Waals surface area contributed by atoms with Gasteiger partial charge in [0.05, 0.1) is 13.4 Å². The summed E-state index contributed by atoms with van der Waals surface area (Å²) in [6.45, 7) is 0. The van der Waals surface area contributed by atoms with Crippen LogP contribution in [-0.2, 0) is 4.79 Å². The van der Waals surface area contributed by atoms with Crippen LogP contribution in [0.4, 0.5) is 5.69 Å². The number of carbonyl (C=O) groups is 1. The number of thioether (sulfide) groups is 1. The van der Waals surface area contributed by atoms with Crippen molar-refractivity contribution in [2.45, 2.75) is 0 Å². The van der Waals surface area contributed by atoms with Crippen LogP contribution in [0.25, 0.3) is 6.08 Å². The molecule has 1 aromatic carbocycles. The Labute approximate surface area is 138 Å². The van der Waals surface area contributed by atoms with Gasteiger partial charge in [-0.05, 0) is 40.4 Å². The van der Waals surface area contributed by atoms with E-state index in [9.17, 15) is 20.0 Å². The summed E-state index contributed by atoms with van der Waals surface area (Å²) in [4.78, 5) is 28.1. The first-order valence-corrected chi connectivity index (χ1v) is 7.56. The van der Waals surface area contributed by atoms with E-state index < -0.39 is 4.92 Å². The first-order valence-electron chi connectivity index (χ1n) is 5.66. The molecule has 1 aromatic rings. The minimum absolute atomic E-state index is 0.0911. The van der Waals surface area contributed by atoms with E-state index in [2.05, 4.69) is 4.99 Å². The maximum absolute atomic E-state index is 12.0. The highest BCUT2D eigenvalue weighted by Gasteiger charge is 2.30. The molecule has 1 saturated heterocycles. The number of hydrogen-bond donors (Lipinski definition) is 1. The van der Waals surface area contributed by atoms with Crippen molar-refractivity contribution in [2.75, 3.05) is 14.1 Å². The van der Waals surface area contributed by atoms with Gasteiger partial charge in [-0.3, -0.25) is 24.8 Å². The zero-order valence-electron chi connectivity index (χ0n) is 11.0. The number of non-ortho nitro benzene ring substituents is 1. The van der Waals surface area contributed by atoms with Gasteiger partial charge in [0.2, 0.25) is 0 Å². The molecule has 0 unspecified atom stereocenters. The molecule has 7 nitrogen and oxygen atoms in total. The minimum atomic E-state index is -0.543. The van der Waals surface area contributed by atoms with Gasteiger partial charge in [0, 0.05) is 31.8 Å². The Kier molecular flexibility index (Phi) is 4.52. The fourth-order valence-corrected chi connectivity index (χ4v) is 3.26. The lowest BCUT2D eigenvalue weighted by molar-refractivity contribution is -0.385. The van der Waals surface area contributed by atoms with E-state index in [0.717, 1.165) is 11.8 Å². The van der Waals surface area contributed by atoms with Crippen LogP contribution in [0, 0.1) is 13.7 Å². The van der Waals surface area contributed by atoms with E-state index in [-0.39, 0.29) is 22.9 Å². The van der Waals surface area contributed by atoms with Gasteiger partial charge in [-0.25, -0.2) is 0 Å². The van der Waals surface area contributed by atoms with Crippen LogP contribution in [0.1, 0.15) is 5.56 Å². The standard InChI is InChI=1S/C12H10IN3O4S/c1-14-12-15(2)11(18)9(21-12)4-6-3-7(16(19)20)5-8(13)10(6)17/h3-5,17H,1-2H3/b9-4+,14-12?. The van der Waals surface area contributed by atoms with E-state index in [4.69, 9.17) is 0 Å². The molecule has 0 saturated carbocycles. The Balaban J connectivity index is 2.51. The molecule has 0 aromatic heterocycles. The topological polar surface area (TPSA) is 96.0 Å². The van der Waals surface area contributed by atoms with Crippen molar-refractivity contribution >= 4 is 57.2 Å². The first-order chi connectivity index (χ1) is 9.85. The number of phenols is 1. The van der Waals surface area contributed by atoms with E-state index in [1.165, 1.54) is 23.1 Å². The largest absolute Gasteiger partial charge is 0.506 e. The molecule has 110 valence electrons. The molecule has 0 atom stereocenters. The second-order valence-electron chi connectivity index (χ2n) is 4.10. The van der Waals surface area contributed by atoms with Gasteiger partial charge in [0.15, 0.2) is 5.17 Å². The molecule has 0 spiro atoms. The summed E-state index contributed by atoms with van der Waals surface area (Å²) in [6.07, 6.45) is 1.44. The highest BCUT2D eigenvalue weighted by atomic mass is 127. The summed E-state index contributed by atoms with van der Waals surface area (Å²) in [6, 6.07) is 2.51. The predicted octanol–water partition coefficient (Wildman–Crippen LogP) is 2.44. The number of nitro groups is 1. The third-order valence-corrected chi connectivity index (χ3v) is 4.74. The molecule has 1 aliphatic heterocycles. The number of carbonyl (C=O) groups excluding carboxylic acids is 1. The van der Waals surface area contributed by atoms with Crippen molar-refractivity contribution < 1.29 is 14.8 Å². The summed E-state index contributed by atoms with van der Waals surface area (Å²) >= 11 is 2.96. The van der Waals surface area contributed by atoms with Gasteiger partial charge in [-0.2, -0.15) is 0 Å². The van der Waals surface area contributed by atoms with Crippen LogP contribution < -0.4 is 0 Å². The van der Waals surface area contributed by atoms with Gasteiger partial charge >= 0.3 is 0 Å². The summed E-state index contributed by atoms with van der Waals surface area (Å²) in [5, 5.41) is 21.4. The van der Waals surface area contributed by atoms with E-state index >= 15 is 0 Å². The van der Waals surface area contributed by atoms with Crippen LogP contribution in [-0.4, -0.2) is 40.1 Å².